The molecular weight excluding hydrogens is 330 g/mol. The number of thiophene rings is 1. The van der Waals surface area contributed by atoms with E-state index in [-0.39, 0.29) is 11.8 Å². The number of phenols is 1. The smallest absolute Gasteiger partial charge is 0.147 e. The summed E-state index contributed by atoms with van der Waals surface area (Å²) in [4.78, 5) is 8.74. The number of hydrogen-bond acceptors (Lipinski definition) is 5. The monoisotopic (exact) mass is 347 g/mol. The number of benzene rings is 1. The number of pyridine rings is 2. The quantitative estimate of drug-likeness (QED) is 0.551. The molecule has 4 aromatic rings. The van der Waals surface area contributed by atoms with Crippen LogP contribution >= 0.6 is 11.3 Å². The molecule has 0 saturated heterocycles. The van der Waals surface area contributed by atoms with E-state index < -0.39 is 0 Å². The molecule has 0 aliphatic carbocycles. The minimum atomic E-state index is -0.202. The van der Waals surface area contributed by atoms with Crippen molar-refractivity contribution in [2.24, 2.45) is 0 Å². The Morgan fingerprint density at radius 2 is 2.00 bits per heavy atom. The molecule has 3 aromatic heterocycles. The van der Waals surface area contributed by atoms with Crippen molar-refractivity contribution in [3.63, 3.8) is 0 Å². The second kappa shape index (κ2) is 6.53. The van der Waals surface area contributed by atoms with Crippen molar-refractivity contribution in [1.29, 1.82) is 0 Å². The van der Waals surface area contributed by atoms with Crippen LogP contribution in [0.25, 0.3) is 10.9 Å². The lowest BCUT2D eigenvalue weighted by Gasteiger charge is -2.21. The maximum absolute atomic E-state index is 10.8. The molecule has 4 rings (SSSR count). The average molecular weight is 347 g/mol. The van der Waals surface area contributed by atoms with Crippen molar-refractivity contribution in [3.05, 3.63) is 82.3 Å². The fraction of sp³-hybridized carbons (Fsp3) is 0.100. The van der Waals surface area contributed by atoms with Gasteiger partial charge in [-0.1, -0.05) is 18.2 Å². The zero-order valence-corrected chi connectivity index (χ0v) is 14.5. The first-order valence-corrected chi connectivity index (χ1v) is 8.94. The van der Waals surface area contributed by atoms with Gasteiger partial charge in [0.25, 0.3) is 0 Å². The van der Waals surface area contributed by atoms with Gasteiger partial charge in [-0.15, -0.1) is 0 Å². The lowest BCUT2D eigenvalue weighted by atomic mass is 9.98. The molecule has 25 heavy (non-hydrogen) atoms. The SMILES string of the molecule is Cc1ccnc(NC(c2ccsc2)c2ccc3cccnc3c2O)c1. The summed E-state index contributed by atoms with van der Waals surface area (Å²) >= 11 is 1.63. The third-order valence-electron chi connectivity index (χ3n) is 4.17. The highest BCUT2D eigenvalue weighted by molar-refractivity contribution is 7.08. The predicted octanol–water partition coefficient (Wildman–Crippen LogP) is 4.91. The van der Waals surface area contributed by atoms with Crippen LogP contribution in [-0.4, -0.2) is 15.1 Å². The molecule has 0 spiro atoms. The van der Waals surface area contributed by atoms with E-state index >= 15 is 0 Å². The Hall–Kier alpha value is -2.92. The Morgan fingerprint density at radius 1 is 1.08 bits per heavy atom. The van der Waals surface area contributed by atoms with Gasteiger partial charge < -0.3 is 10.4 Å². The van der Waals surface area contributed by atoms with Gasteiger partial charge in [0.2, 0.25) is 0 Å². The van der Waals surface area contributed by atoms with Crippen LogP contribution in [0, 0.1) is 6.92 Å². The molecular formula is C20H17N3OS. The van der Waals surface area contributed by atoms with E-state index in [0.717, 1.165) is 27.9 Å². The molecule has 0 fully saturated rings. The first kappa shape index (κ1) is 15.6. The zero-order valence-electron chi connectivity index (χ0n) is 13.7. The molecule has 1 aromatic carbocycles. The van der Waals surface area contributed by atoms with E-state index in [9.17, 15) is 5.11 Å². The highest BCUT2D eigenvalue weighted by Crippen LogP contribution is 2.36. The number of hydrogen-bond donors (Lipinski definition) is 2. The molecule has 1 atom stereocenters. The molecule has 0 aliphatic heterocycles. The van der Waals surface area contributed by atoms with Crippen molar-refractivity contribution in [1.82, 2.24) is 9.97 Å². The topological polar surface area (TPSA) is 58.0 Å². The number of phenolic OH excluding ortho intramolecular Hbond substituents is 1. The molecule has 0 amide bonds. The maximum atomic E-state index is 10.8. The molecule has 0 saturated carbocycles. The van der Waals surface area contributed by atoms with E-state index in [1.807, 2.05) is 48.7 Å². The van der Waals surface area contributed by atoms with E-state index in [0.29, 0.717) is 5.52 Å². The predicted molar refractivity (Wildman–Crippen MR) is 102 cm³/mol. The van der Waals surface area contributed by atoms with Crippen LogP contribution in [0.4, 0.5) is 5.82 Å². The third kappa shape index (κ3) is 3.06. The Kier molecular flexibility index (Phi) is 4.07. The van der Waals surface area contributed by atoms with E-state index in [4.69, 9.17) is 0 Å². The summed E-state index contributed by atoms with van der Waals surface area (Å²) in [5.41, 5.74) is 3.61. The van der Waals surface area contributed by atoms with E-state index in [2.05, 4.69) is 26.7 Å². The summed E-state index contributed by atoms with van der Waals surface area (Å²) in [6.45, 7) is 2.03. The van der Waals surface area contributed by atoms with Crippen molar-refractivity contribution >= 4 is 28.1 Å². The Balaban J connectivity index is 1.83. The normalized spacial score (nSPS) is 12.2. The van der Waals surface area contributed by atoms with Gasteiger partial charge in [0.05, 0.1) is 6.04 Å². The van der Waals surface area contributed by atoms with Gasteiger partial charge >= 0.3 is 0 Å². The van der Waals surface area contributed by atoms with Gasteiger partial charge in [-0.25, -0.2) is 4.98 Å². The summed E-state index contributed by atoms with van der Waals surface area (Å²) in [5, 5.41) is 19.3. The Morgan fingerprint density at radius 3 is 2.80 bits per heavy atom. The van der Waals surface area contributed by atoms with Gasteiger partial charge in [0, 0.05) is 23.3 Å². The van der Waals surface area contributed by atoms with Crippen LogP contribution in [0.2, 0.25) is 0 Å². The van der Waals surface area contributed by atoms with Crippen LogP contribution in [-0.2, 0) is 0 Å². The number of fused-ring (bicyclic) bond motifs is 1. The van der Waals surface area contributed by atoms with Crippen LogP contribution in [0.1, 0.15) is 22.7 Å². The molecule has 4 nitrogen and oxygen atoms in total. The zero-order chi connectivity index (χ0) is 17.2. The fourth-order valence-electron chi connectivity index (χ4n) is 2.92. The van der Waals surface area contributed by atoms with Crippen LogP contribution in [0.15, 0.2) is 65.6 Å². The molecule has 124 valence electrons. The van der Waals surface area contributed by atoms with E-state index in [1.165, 1.54) is 0 Å². The molecule has 1 unspecified atom stereocenters. The van der Waals surface area contributed by atoms with Crippen LogP contribution in [0.5, 0.6) is 5.75 Å². The van der Waals surface area contributed by atoms with Gasteiger partial charge in [-0.2, -0.15) is 11.3 Å². The summed E-state index contributed by atoms with van der Waals surface area (Å²) < 4.78 is 0. The molecule has 0 bridgehead atoms. The number of aromatic nitrogens is 2. The molecule has 3 heterocycles. The number of nitrogens with one attached hydrogen (secondary N) is 1. The number of anilines is 1. The second-order valence-corrected chi connectivity index (χ2v) is 6.71. The van der Waals surface area contributed by atoms with Crippen molar-refractivity contribution in [2.45, 2.75) is 13.0 Å². The van der Waals surface area contributed by atoms with Gasteiger partial charge in [-0.05, 0) is 53.1 Å². The summed E-state index contributed by atoms with van der Waals surface area (Å²) in [6, 6.07) is 13.6. The highest BCUT2D eigenvalue weighted by Gasteiger charge is 2.20. The molecule has 2 N–H and O–H groups in total. The molecule has 0 radical (unpaired) electrons. The summed E-state index contributed by atoms with van der Waals surface area (Å²) in [6.07, 6.45) is 3.48. The van der Waals surface area contributed by atoms with E-state index in [1.54, 1.807) is 23.7 Å². The second-order valence-electron chi connectivity index (χ2n) is 5.93. The largest absolute Gasteiger partial charge is 0.505 e. The van der Waals surface area contributed by atoms with Crippen molar-refractivity contribution < 1.29 is 5.11 Å². The van der Waals surface area contributed by atoms with Crippen LogP contribution in [0.3, 0.4) is 0 Å². The van der Waals surface area contributed by atoms with Gasteiger partial charge in [0.15, 0.2) is 0 Å². The van der Waals surface area contributed by atoms with Crippen LogP contribution < -0.4 is 5.32 Å². The molecule has 0 aliphatic rings. The van der Waals surface area contributed by atoms with Gasteiger partial charge in [0.1, 0.15) is 17.1 Å². The first-order valence-electron chi connectivity index (χ1n) is 8.00. The highest BCUT2D eigenvalue weighted by atomic mass is 32.1. The number of rotatable bonds is 4. The average Bonchev–Trinajstić information content (AvgIpc) is 3.15. The molecule has 5 heteroatoms. The Labute approximate surface area is 149 Å². The van der Waals surface area contributed by atoms with Crippen molar-refractivity contribution in [3.8, 4) is 5.75 Å². The number of nitrogens with zero attached hydrogens (tertiary/aromatic N) is 2. The minimum absolute atomic E-state index is 0.202. The minimum Gasteiger partial charge on any atom is -0.505 e. The number of aromatic hydroxyl groups is 1. The standard InChI is InChI=1S/C20H17N3OS/c1-13-6-9-21-17(11-13)23-18(15-7-10-25-12-15)16-5-4-14-3-2-8-22-19(14)20(16)24/h2-12,18,24H,1H3,(H,21,23). The van der Waals surface area contributed by atoms with Gasteiger partial charge in [-0.3, -0.25) is 4.98 Å². The summed E-state index contributed by atoms with van der Waals surface area (Å²) in [5.74, 6) is 0.978. The van der Waals surface area contributed by atoms with Crippen molar-refractivity contribution in [2.75, 3.05) is 5.32 Å². The Bertz CT molecular complexity index is 1010. The fourth-order valence-corrected chi connectivity index (χ4v) is 3.61. The third-order valence-corrected chi connectivity index (χ3v) is 4.88. The lowest BCUT2D eigenvalue weighted by Crippen LogP contribution is -2.13. The summed E-state index contributed by atoms with van der Waals surface area (Å²) in [7, 11) is 0. The first-order chi connectivity index (χ1) is 12.2. The lowest BCUT2D eigenvalue weighted by molar-refractivity contribution is 0.472. The maximum Gasteiger partial charge on any atom is 0.147 e. The number of aryl methyl sites for hydroxylation is 1.